The molecule has 1 atom stereocenters. The Balaban J connectivity index is 1.83. The van der Waals surface area contributed by atoms with Crippen molar-refractivity contribution in [1.29, 1.82) is 0 Å². The molecule has 2 N–H and O–H groups in total. The maximum Gasteiger partial charge on any atom is 0.120 e. The van der Waals surface area contributed by atoms with Crippen molar-refractivity contribution in [2.45, 2.75) is 32.2 Å². The normalized spacial score (nSPS) is 17.9. The van der Waals surface area contributed by atoms with Crippen LogP contribution in [0.15, 0.2) is 18.2 Å². The highest BCUT2D eigenvalue weighted by atomic mass is 16.5. The van der Waals surface area contributed by atoms with Crippen LogP contribution in [0.2, 0.25) is 0 Å². The molecule has 0 saturated carbocycles. The number of rotatable bonds is 6. The van der Waals surface area contributed by atoms with Crippen LogP contribution in [0.3, 0.4) is 0 Å². The molecule has 0 spiro atoms. The van der Waals surface area contributed by atoms with Gasteiger partial charge in [-0.05, 0) is 51.1 Å². The molecular weight excluding hydrogens is 252 g/mol. The Bertz CT molecular complexity index is 417. The van der Waals surface area contributed by atoms with Crippen LogP contribution < -0.4 is 10.1 Å². The van der Waals surface area contributed by atoms with E-state index in [0.717, 1.165) is 24.4 Å². The molecule has 0 aliphatic carbocycles. The summed E-state index contributed by atoms with van der Waals surface area (Å²) in [6.07, 6.45) is 4.02. The number of methoxy groups -OCH3 is 1. The van der Waals surface area contributed by atoms with Gasteiger partial charge in [-0.2, -0.15) is 0 Å². The minimum Gasteiger partial charge on any atom is -0.508 e. The Hall–Kier alpha value is -1.26. The lowest BCUT2D eigenvalue weighted by atomic mass is 10.1. The third-order valence-corrected chi connectivity index (χ3v) is 4.03. The van der Waals surface area contributed by atoms with E-state index < -0.39 is 0 Å². The Morgan fingerprint density at radius 1 is 1.30 bits per heavy atom. The Morgan fingerprint density at radius 2 is 2.05 bits per heavy atom. The van der Waals surface area contributed by atoms with E-state index in [-0.39, 0.29) is 6.04 Å². The number of phenolic OH excluding ortho intramolecular Hbond substituents is 1. The van der Waals surface area contributed by atoms with Gasteiger partial charge in [-0.3, -0.25) is 0 Å². The summed E-state index contributed by atoms with van der Waals surface area (Å²) in [6.45, 7) is 6.54. The second-order valence-corrected chi connectivity index (χ2v) is 5.50. The van der Waals surface area contributed by atoms with E-state index in [1.807, 2.05) is 6.07 Å². The second-order valence-electron chi connectivity index (χ2n) is 5.50. The molecule has 1 aromatic carbocycles. The van der Waals surface area contributed by atoms with E-state index in [0.29, 0.717) is 5.75 Å². The quantitative estimate of drug-likeness (QED) is 0.839. The third kappa shape index (κ3) is 4.12. The van der Waals surface area contributed by atoms with Gasteiger partial charge in [-0.25, -0.2) is 0 Å². The maximum atomic E-state index is 9.94. The van der Waals surface area contributed by atoms with Crippen LogP contribution in [0.5, 0.6) is 11.5 Å². The molecule has 1 fully saturated rings. The lowest BCUT2D eigenvalue weighted by Crippen LogP contribution is -2.36. The summed E-state index contributed by atoms with van der Waals surface area (Å²) in [5, 5.41) is 13.4. The van der Waals surface area contributed by atoms with E-state index in [4.69, 9.17) is 4.74 Å². The molecule has 1 aromatic rings. The minimum atomic E-state index is 0.120. The predicted molar refractivity (Wildman–Crippen MR) is 81.4 cm³/mol. The van der Waals surface area contributed by atoms with Crippen LogP contribution in [0.25, 0.3) is 0 Å². The summed E-state index contributed by atoms with van der Waals surface area (Å²) in [4.78, 5) is 2.51. The second kappa shape index (κ2) is 7.50. The molecule has 1 aliphatic rings. The van der Waals surface area contributed by atoms with Gasteiger partial charge in [0.2, 0.25) is 0 Å². The topological polar surface area (TPSA) is 44.7 Å². The monoisotopic (exact) mass is 278 g/mol. The molecule has 0 amide bonds. The average Bonchev–Trinajstić information content (AvgIpc) is 2.48. The molecule has 1 saturated heterocycles. The zero-order chi connectivity index (χ0) is 14.4. The number of hydrogen-bond donors (Lipinski definition) is 2. The first-order valence-electron chi connectivity index (χ1n) is 7.53. The van der Waals surface area contributed by atoms with Gasteiger partial charge in [0.05, 0.1) is 7.11 Å². The number of aromatic hydroxyl groups is 1. The largest absolute Gasteiger partial charge is 0.508 e. The van der Waals surface area contributed by atoms with E-state index in [1.165, 1.54) is 32.4 Å². The number of nitrogens with one attached hydrogen (secondary N) is 1. The smallest absolute Gasteiger partial charge is 0.120 e. The van der Waals surface area contributed by atoms with Gasteiger partial charge in [0, 0.05) is 24.7 Å². The number of ether oxygens (including phenoxy) is 1. The number of phenols is 1. The van der Waals surface area contributed by atoms with Crippen molar-refractivity contribution in [2.75, 3.05) is 33.3 Å². The minimum absolute atomic E-state index is 0.120. The van der Waals surface area contributed by atoms with E-state index in [9.17, 15) is 5.11 Å². The fourth-order valence-corrected chi connectivity index (χ4v) is 2.74. The molecule has 0 bridgehead atoms. The molecule has 0 radical (unpaired) electrons. The van der Waals surface area contributed by atoms with Crippen LogP contribution in [0.4, 0.5) is 0 Å². The summed E-state index contributed by atoms with van der Waals surface area (Å²) in [5.74, 6) is 1.10. The molecule has 2 rings (SSSR count). The standard InChI is InChI=1S/C16H26N2O2/c1-13(15-12-14(20-2)6-7-16(15)19)17-8-11-18-9-4-3-5-10-18/h6-7,12-13,17,19H,3-5,8-11H2,1-2H3. The number of nitrogens with zero attached hydrogens (tertiary/aromatic N) is 1. The van der Waals surface area contributed by atoms with Crippen molar-refractivity contribution >= 4 is 0 Å². The summed E-state index contributed by atoms with van der Waals surface area (Å²) in [7, 11) is 1.64. The van der Waals surface area contributed by atoms with Crippen molar-refractivity contribution in [3.8, 4) is 11.5 Å². The first-order valence-corrected chi connectivity index (χ1v) is 7.53. The molecule has 4 heteroatoms. The zero-order valence-electron chi connectivity index (χ0n) is 12.6. The molecule has 1 unspecified atom stereocenters. The SMILES string of the molecule is COc1ccc(O)c(C(C)NCCN2CCCCC2)c1. The van der Waals surface area contributed by atoms with Gasteiger partial charge < -0.3 is 20.1 Å². The molecule has 1 heterocycles. The lowest BCUT2D eigenvalue weighted by molar-refractivity contribution is 0.226. The third-order valence-electron chi connectivity index (χ3n) is 4.03. The van der Waals surface area contributed by atoms with Gasteiger partial charge in [0.1, 0.15) is 11.5 Å². The van der Waals surface area contributed by atoms with Crippen molar-refractivity contribution in [3.05, 3.63) is 23.8 Å². The Kier molecular flexibility index (Phi) is 5.68. The van der Waals surface area contributed by atoms with Gasteiger partial charge >= 0.3 is 0 Å². The van der Waals surface area contributed by atoms with Crippen molar-refractivity contribution in [1.82, 2.24) is 10.2 Å². The Morgan fingerprint density at radius 3 is 2.75 bits per heavy atom. The number of benzene rings is 1. The highest BCUT2D eigenvalue weighted by Crippen LogP contribution is 2.28. The number of likely N-dealkylation sites (tertiary alicyclic amines) is 1. The van der Waals surface area contributed by atoms with Gasteiger partial charge in [0.15, 0.2) is 0 Å². The summed E-state index contributed by atoms with van der Waals surface area (Å²) < 4.78 is 5.21. The van der Waals surface area contributed by atoms with Crippen LogP contribution in [0.1, 0.15) is 37.8 Å². The zero-order valence-corrected chi connectivity index (χ0v) is 12.6. The Labute approximate surface area is 121 Å². The maximum absolute atomic E-state index is 9.94. The molecule has 4 nitrogen and oxygen atoms in total. The van der Waals surface area contributed by atoms with Crippen LogP contribution in [-0.4, -0.2) is 43.3 Å². The van der Waals surface area contributed by atoms with Gasteiger partial charge in [0.25, 0.3) is 0 Å². The van der Waals surface area contributed by atoms with Crippen LogP contribution >= 0.6 is 0 Å². The highest BCUT2D eigenvalue weighted by Gasteiger charge is 2.13. The summed E-state index contributed by atoms with van der Waals surface area (Å²) >= 11 is 0. The fourth-order valence-electron chi connectivity index (χ4n) is 2.74. The molecule has 112 valence electrons. The molecule has 1 aliphatic heterocycles. The first kappa shape index (κ1) is 15.1. The summed E-state index contributed by atoms with van der Waals surface area (Å²) in [5.41, 5.74) is 0.892. The molecule has 20 heavy (non-hydrogen) atoms. The van der Waals surface area contributed by atoms with E-state index in [2.05, 4.69) is 17.1 Å². The van der Waals surface area contributed by atoms with E-state index in [1.54, 1.807) is 19.2 Å². The number of piperidine rings is 1. The van der Waals surface area contributed by atoms with Crippen molar-refractivity contribution in [3.63, 3.8) is 0 Å². The molecule has 0 aromatic heterocycles. The molecular formula is C16H26N2O2. The predicted octanol–water partition coefficient (Wildman–Crippen LogP) is 2.54. The van der Waals surface area contributed by atoms with Crippen molar-refractivity contribution in [2.24, 2.45) is 0 Å². The van der Waals surface area contributed by atoms with Crippen LogP contribution in [-0.2, 0) is 0 Å². The lowest BCUT2D eigenvalue weighted by Gasteiger charge is -2.27. The van der Waals surface area contributed by atoms with Crippen molar-refractivity contribution < 1.29 is 9.84 Å². The number of hydrogen-bond acceptors (Lipinski definition) is 4. The van der Waals surface area contributed by atoms with Gasteiger partial charge in [-0.1, -0.05) is 6.42 Å². The summed E-state index contributed by atoms with van der Waals surface area (Å²) in [6, 6.07) is 5.49. The highest BCUT2D eigenvalue weighted by molar-refractivity contribution is 5.41. The average molecular weight is 278 g/mol. The van der Waals surface area contributed by atoms with E-state index >= 15 is 0 Å². The fraction of sp³-hybridized carbons (Fsp3) is 0.625. The van der Waals surface area contributed by atoms with Gasteiger partial charge in [-0.15, -0.1) is 0 Å². The van der Waals surface area contributed by atoms with Crippen LogP contribution in [0, 0.1) is 0 Å². The first-order chi connectivity index (χ1) is 9.70.